The van der Waals surface area contributed by atoms with Crippen molar-refractivity contribution in [2.24, 2.45) is 5.41 Å². The maximum Gasteiger partial charge on any atom is 0.136 e. The second kappa shape index (κ2) is 5.90. The monoisotopic (exact) mass is 288 g/mol. The average molecular weight is 288 g/mol. The Morgan fingerprint density at radius 2 is 1.95 bits per heavy atom. The van der Waals surface area contributed by atoms with Crippen LogP contribution >= 0.6 is 0 Å². The van der Waals surface area contributed by atoms with Crippen molar-refractivity contribution in [1.29, 1.82) is 0 Å². The van der Waals surface area contributed by atoms with Crippen molar-refractivity contribution in [3.05, 3.63) is 0 Å². The fourth-order valence-electron chi connectivity index (χ4n) is 3.33. The second-order valence-electron chi connectivity index (χ2n) is 6.96. The molecule has 1 heterocycles. The fraction of sp³-hybridized carbons (Fsp3) is 1.00. The quantitative estimate of drug-likeness (QED) is 0.774. The van der Waals surface area contributed by atoms with Crippen molar-refractivity contribution in [2.45, 2.75) is 63.3 Å². The molecule has 1 saturated heterocycles. The molecule has 0 bridgehead atoms. The number of hydrogen-bond acceptors (Lipinski definition) is 4. The van der Waals surface area contributed by atoms with Crippen molar-refractivity contribution in [3.63, 3.8) is 0 Å². The van der Waals surface area contributed by atoms with Gasteiger partial charge in [0.05, 0.1) is 12.1 Å². The molecule has 0 radical (unpaired) electrons. The van der Waals surface area contributed by atoms with Gasteiger partial charge in [-0.25, -0.2) is 0 Å². The first-order valence-corrected chi connectivity index (χ1v) is 8.44. The van der Waals surface area contributed by atoms with Crippen molar-refractivity contribution >= 4 is 11.4 Å². The number of methoxy groups -OCH3 is 1. The Labute approximate surface area is 120 Å². The first-order chi connectivity index (χ1) is 8.87. The molecule has 0 aromatic carbocycles. The lowest BCUT2D eigenvalue weighted by Gasteiger charge is -2.40. The van der Waals surface area contributed by atoms with Crippen molar-refractivity contribution in [1.82, 2.24) is 10.0 Å². The molecular formula is C14H28N2O2S. The van der Waals surface area contributed by atoms with Crippen LogP contribution in [0.5, 0.6) is 0 Å². The molecule has 112 valence electrons. The van der Waals surface area contributed by atoms with E-state index in [1.807, 2.05) is 20.8 Å². The molecular weight excluding hydrogens is 260 g/mol. The third-order valence-corrected chi connectivity index (χ3v) is 6.22. The van der Waals surface area contributed by atoms with Gasteiger partial charge in [-0.15, -0.1) is 4.72 Å². The molecule has 4 nitrogen and oxygen atoms in total. The van der Waals surface area contributed by atoms with Crippen LogP contribution in [0, 0.1) is 5.41 Å². The predicted octanol–water partition coefficient (Wildman–Crippen LogP) is 1.59. The smallest absolute Gasteiger partial charge is 0.136 e. The summed E-state index contributed by atoms with van der Waals surface area (Å²) in [5.41, 5.74) is 0.271. The minimum absolute atomic E-state index is 0.209. The van der Waals surface area contributed by atoms with Crippen molar-refractivity contribution in [2.75, 3.05) is 20.2 Å². The standard InChI is InChI=1S/C14H28N2O2S/c1-13(2,3)19(17)16-12-9-11(18-4)10-14(12)5-7-15-8-6-14/h11-12,15-16H,5-10H2,1-4H3/t11-,12-,19?/m1/s1. The summed E-state index contributed by atoms with van der Waals surface area (Å²) >= 11 is -0.998. The zero-order valence-corrected chi connectivity index (χ0v) is 13.4. The van der Waals surface area contributed by atoms with E-state index < -0.39 is 11.4 Å². The lowest BCUT2D eigenvalue weighted by atomic mass is 9.75. The highest BCUT2D eigenvalue weighted by Gasteiger charge is 2.50. The van der Waals surface area contributed by atoms with Crippen LogP contribution in [0.3, 0.4) is 0 Å². The number of ether oxygens (including phenoxy) is 1. The Hall–Kier alpha value is 0.190. The summed E-state index contributed by atoms with van der Waals surface area (Å²) in [6.45, 7) is 8.20. The van der Waals surface area contributed by atoms with Gasteiger partial charge in [0.15, 0.2) is 0 Å². The van der Waals surface area contributed by atoms with Crippen LogP contribution in [0.25, 0.3) is 0 Å². The third kappa shape index (κ3) is 3.45. The van der Waals surface area contributed by atoms with Crippen LogP contribution in [-0.2, 0) is 16.1 Å². The molecule has 2 N–H and O–H groups in total. The molecule has 0 aromatic rings. The lowest BCUT2D eigenvalue weighted by molar-refractivity contribution is 0.0869. The summed E-state index contributed by atoms with van der Waals surface area (Å²) in [5.74, 6) is 0. The van der Waals surface area contributed by atoms with Crippen LogP contribution in [0.4, 0.5) is 0 Å². The topological polar surface area (TPSA) is 56.3 Å². The molecule has 1 aliphatic heterocycles. The summed E-state index contributed by atoms with van der Waals surface area (Å²) < 4.78 is 21.2. The Kier molecular flexibility index (Phi) is 4.83. The molecule has 1 saturated carbocycles. The molecule has 1 spiro atoms. The Morgan fingerprint density at radius 1 is 1.32 bits per heavy atom. The zero-order valence-electron chi connectivity index (χ0n) is 12.6. The van der Waals surface area contributed by atoms with E-state index in [9.17, 15) is 4.55 Å². The SMILES string of the molecule is CO[C@@H]1C[C@@H](N[S+]([O-])C(C)(C)C)C2(CCNCC2)C1. The maximum absolute atomic E-state index is 12.4. The molecule has 2 aliphatic rings. The van der Waals surface area contributed by atoms with Crippen LogP contribution in [0.2, 0.25) is 0 Å². The molecule has 1 aliphatic carbocycles. The third-order valence-electron chi connectivity index (χ3n) is 4.61. The van der Waals surface area contributed by atoms with E-state index in [0.29, 0.717) is 12.1 Å². The molecule has 5 heteroatoms. The fourth-order valence-corrected chi connectivity index (χ4v) is 4.29. The molecule has 0 amide bonds. The molecule has 2 fully saturated rings. The summed E-state index contributed by atoms with van der Waals surface area (Å²) in [6.07, 6.45) is 4.72. The molecule has 0 aromatic heterocycles. The van der Waals surface area contributed by atoms with Gasteiger partial charge < -0.3 is 14.6 Å². The molecule has 1 unspecified atom stereocenters. The average Bonchev–Trinajstić information content (AvgIpc) is 2.67. The van der Waals surface area contributed by atoms with E-state index in [0.717, 1.165) is 38.8 Å². The van der Waals surface area contributed by atoms with Gasteiger partial charge in [0.25, 0.3) is 0 Å². The number of piperidine rings is 1. The highest BCUT2D eigenvalue weighted by Crippen LogP contribution is 2.46. The van der Waals surface area contributed by atoms with E-state index in [-0.39, 0.29) is 10.2 Å². The van der Waals surface area contributed by atoms with Crippen LogP contribution < -0.4 is 10.0 Å². The first-order valence-electron chi connectivity index (χ1n) is 7.29. The van der Waals surface area contributed by atoms with E-state index in [1.165, 1.54) is 0 Å². The Morgan fingerprint density at radius 3 is 2.47 bits per heavy atom. The largest absolute Gasteiger partial charge is 0.598 e. The Balaban J connectivity index is 2.07. The van der Waals surface area contributed by atoms with Crippen LogP contribution in [0.15, 0.2) is 0 Å². The van der Waals surface area contributed by atoms with Gasteiger partial charge in [-0.2, -0.15) is 0 Å². The van der Waals surface area contributed by atoms with E-state index in [2.05, 4.69) is 10.0 Å². The van der Waals surface area contributed by atoms with Gasteiger partial charge in [-0.1, -0.05) is 0 Å². The highest BCUT2D eigenvalue weighted by molar-refractivity contribution is 7.90. The van der Waals surface area contributed by atoms with Crippen LogP contribution in [0.1, 0.15) is 46.5 Å². The highest BCUT2D eigenvalue weighted by atomic mass is 32.2. The normalized spacial score (nSPS) is 32.7. The summed E-state index contributed by atoms with van der Waals surface area (Å²) in [6, 6.07) is 0.319. The summed E-state index contributed by atoms with van der Waals surface area (Å²) in [4.78, 5) is 0. The van der Waals surface area contributed by atoms with Gasteiger partial charge in [0, 0.05) is 18.5 Å². The minimum Gasteiger partial charge on any atom is -0.598 e. The Bertz CT molecular complexity index is 300. The number of nitrogens with one attached hydrogen (secondary N) is 2. The van der Waals surface area contributed by atoms with Gasteiger partial charge in [-0.05, 0) is 65.0 Å². The van der Waals surface area contributed by atoms with E-state index in [4.69, 9.17) is 4.74 Å². The minimum atomic E-state index is -0.998. The second-order valence-corrected chi connectivity index (χ2v) is 8.96. The van der Waals surface area contributed by atoms with E-state index in [1.54, 1.807) is 7.11 Å². The molecule has 2 rings (SSSR count). The van der Waals surface area contributed by atoms with Crippen molar-refractivity contribution in [3.8, 4) is 0 Å². The van der Waals surface area contributed by atoms with Gasteiger partial charge in [0.1, 0.15) is 4.75 Å². The maximum atomic E-state index is 12.4. The summed E-state index contributed by atoms with van der Waals surface area (Å²) in [7, 11) is 1.79. The van der Waals surface area contributed by atoms with E-state index >= 15 is 0 Å². The van der Waals surface area contributed by atoms with Crippen LogP contribution in [-0.4, -0.2) is 41.6 Å². The molecule has 19 heavy (non-hydrogen) atoms. The van der Waals surface area contributed by atoms with Gasteiger partial charge in [-0.3, -0.25) is 0 Å². The number of hydrogen-bond donors (Lipinski definition) is 2. The van der Waals surface area contributed by atoms with Crippen molar-refractivity contribution < 1.29 is 9.29 Å². The van der Waals surface area contributed by atoms with Gasteiger partial charge in [0.2, 0.25) is 0 Å². The predicted molar refractivity (Wildman–Crippen MR) is 79.4 cm³/mol. The zero-order chi connectivity index (χ0) is 14.1. The number of rotatable bonds is 3. The first kappa shape index (κ1) is 15.6. The lowest BCUT2D eigenvalue weighted by Crippen LogP contribution is -2.52. The summed E-state index contributed by atoms with van der Waals surface area (Å²) in [5, 5.41) is 3.43. The van der Waals surface area contributed by atoms with Gasteiger partial charge >= 0.3 is 0 Å². The molecule has 3 atom stereocenters.